The van der Waals surface area contributed by atoms with Crippen molar-refractivity contribution in [3.8, 4) is 46.4 Å². The van der Waals surface area contributed by atoms with Gasteiger partial charge in [0.1, 0.15) is 0 Å². The maximum atomic E-state index is 5.69. The summed E-state index contributed by atoms with van der Waals surface area (Å²) in [4.78, 5) is 0. The lowest BCUT2D eigenvalue weighted by atomic mass is 9.96. The molecule has 116 valence electrons. The van der Waals surface area contributed by atoms with E-state index in [0.29, 0.717) is 0 Å². The third-order valence-corrected chi connectivity index (χ3v) is 5.35. The fourth-order valence-electron chi connectivity index (χ4n) is 4.23. The zero-order valence-electron chi connectivity index (χ0n) is 14.1. The van der Waals surface area contributed by atoms with Crippen molar-refractivity contribution < 1.29 is 0 Å². The van der Waals surface area contributed by atoms with Crippen molar-refractivity contribution in [1.82, 2.24) is 0 Å². The summed E-state index contributed by atoms with van der Waals surface area (Å²) in [6, 6.07) is 17.8. The lowest BCUT2D eigenvalue weighted by Crippen LogP contribution is -1.89. The van der Waals surface area contributed by atoms with Gasteiger partial charge in [-0.15, -0.1) is 12.3 Å². The molecule has 0 heteroatoms. The molecule has 0 aromatic heterocycles. The number of rotatable bonds is 0. The maximum Gasteiger partial charge on any atom is 0.0408 e. The van der Waals surface area contributed by atoms with E-state index < -0.39 is 0 Å². The summed E-state index contributed by atoms with van der Waals surface area (Å²) >= 11 is 0. The molecule has 2 aliphatic carbocycles. The Balaban J connectivity index is 1.70. The second kappa shape index (κ2) is 5.14. The molecular weight excluding hydrogens is 300 g/mol. The third kappa shape index (κ3) is 1.98. The maximum absolute atomic E-state index is 5.69. The van der Waals surface area contributed by atoms with Crippen LogP contribution in [-0.4, -0.2) is 0 Å². The summed E-state index contributed by atoms with van der Waals surface area (Å²) in [5.74, 6) is 8.94. The van der Waals surface area contributed by atoms with Crippen LogP contribution in [0.3, 0.4) is 0 Å². The Morgan fingerprint density at radius 2 is 1.36 bits per heavy atom. The molecule has 0 N–H and O–H groups in total. The van der Waals surface area contributed by atoms with Gasteiger partial charge in [-0.05, 0) is 88.5 Å². The Morgan fingerprint density at radius 1 is 0.720 bits per heavy atom. The SMILES string of the molecule is C#Cc1cc2c(cc1C#CC)-c1cc3c(cc1C2)-c1ccccc1C3. The van der Waals surface area contributed by atoms with Gasteiger partial charge in [-0.2, -0.15) is 0 Å². The van der Waals surface area contributed by atoms with Gasteiger partial charge in [0.15, 0.2) is 0 Å². The van der Waals surface area contributed by atoms with E-state index in [4.69, 9.17) is 6.42 Å². The van der Waals surface area contributed by atoms with E-state index in [0.717, 1.165) is 24.0 Å². The Bertz CT molecular complexity index is 1160. The molecule has 0 aliphatic heterocycles. The van der Waals surface area contributed by atoms with E-state index in [1.54, 1.807) is 0 Å². The van der Waals surface area contributed by atoms with Gasteiger partial charge in [0.25, 0.3) is 0 Å². The van der Waals surface area contributed by atoms with E-state index >= 15 is 0 Å². The Hall–Kier alpha value is -3.22. The molecule has 3 aromatic rings. The summed E-state index contributed by atoms with van der Waals surface area (Å²) in [5, 5.41) is 0. The van der Waals surface area contributed by atoms with Crippen LogP contribution in [0.1, 0.15) is 40.3 Å². The van der Waals surface area contributed by atoms with Crippen LogP contribution in [0.25, 0.3) is 22.3 Å². The van der Waals surface area contributed by atoms with E-state index in [1.807, 2.05) is 6.92 Å². The predicted molar refractivity (Wildman–Crippen MR) is 103 cm³/mol. The number of hydrogen-bond donors (Lipinski definition) is 0. The largest absolute Gasteiger partial charge is 0.115 e. The zero-order chi connectivity index (χ0) is 17.0. The van der Waals surface area contributed by atoms with Gasteiger partial charge in [-0.25, -0.2) is 0 Å². The molecule has 0 saturated heterocycles. The van der Waals surface area contributed by atoms with Gasteiger partial charge in [-0.1, -0.05) is 36.1 Å². The molecule has 25 heavy (non-hydrogen) atoms. The Labute approximate surface area is 148 Å². The van der Waals surface area contributed by atoms with Crippen LogP contribution in [-0.2, 0) is 12.8 Å². The van der Waals surface area contributed by atoms with Crippen LogP contribution >= 0.6 is 0 Å². The van der Waals surface area contributed by atoms with Gasteiger partial charge in [-0.3, -0.25) is 0 Å². The van der Waals surface area contributed by atoms with Crippen LogP contribution in [0.5, 0.6) is 0 Å². The normalized spacial score (nSPS) is 12.3. The average molecular weight is 316 g/mol. The summed E-state index contributed by atoms with van der Waals surface area (Å²) in [7, 11) is 0. The van der Waals surface area contributed by atoms with Crippen molar-refractivity contribution in [2.24, 2.45) is 0 Å². The van der Waals surface area contributed by atoms with E-state index in [2.05, 4.69) is 66.3 Å². The first kappa shape index (κ1) is 14.2. The molecule has 0 fully saturated rings. The molecule has 2 aliphatic rings. The third-order valence-electron chi connectivity index (χ3n) is 5.35. The molecule has 0 unspecified atom stereocenters. The highest BCUT2D eigenvalue weighted by Gasteiger charge is 2.25. The monoisotopic (exact) mass is 316 g/mol. The summed E-state index contributed by atoms with van der Waals surface area (Å²) < 4.78 is 0. The first-order chi connectivity index (χ1) is 12.3. The van der Waals surface area contributed by atoms with Crippen molar-refractivity contribution >= 4 is 0 Å². The van der Waals surface area contributed by atoms with Crippen molar-refractivity contribution in [3.63, 3.8) is 0 Å². The van der Waals surface area contributed by atoms with Gasteiger partial charge < -0.3 is 0 Å². The fraction of sp³-hybridized carbons (Fsp3) is 0.120. The zero-order valence-corrected chi connectivity index (χ0v) is 14.1. The van der Waals surface area contributed by atoms with E-state index in [-0.39, 0.29) is 0 Å². The second-order valence-corrected chi connectivity index (χ2v) is 6.75. The number of hydrogen-bond acceptors (Lipinski definition) is 0. The highest BCUT2D eigenvalue weighted by molar-refractivity contribution is 5.86. The molecule has 0 heterocycles. The molecular formula is C25H16. The Kier molecular flexibility index (Phi) is 2.91. The minimum absolute atomic E-state index is 0.902. The molecule has 0 radical (unpaired) electrons. The molecule has 0 spiro atoms. The highest BCUT2D eigenvalue weighted by Crippen LogP contribution is 2.45. The van der Waals surface area contributed by atoms with Crippen molar-refractivity contribution in [1.29, 1.82) is 0 Å². The highest BCUT2D eigenvalue weighted by atomic mass is 14.3. The van der Waals surface area contributed by atoms with E-state index in [9.17, 15) is 0 Å². The van der Waals surface area contributed by atoms with E-state index in [1.165, 1.54) is 44.5 Å². The standard InChI is InChI=1S/C25H16/c1-3-7-17-13-24-19(10-16(17)4-2)12-21-14-23-20(15-25(21)24)11-18-8-5-6-9-22(18)23/h2,5-6,8-10,13-15H,11-12H2,1H3. The topological polar surface area (TPSA) is 0 Å². The average Bonchev–Trinajstić information content (AvgIpc) is 3.16. The summed E-state index contributed by atoms with van der Waals surface area (Å²) in [6.45, 7) is 1.85. The van der Waals surface area contributed by atoms with Crippen LogP contribution in [0, 0.1) is 24.2 Å². The first-order valence-corrected chi connectivity index (χ1v) is 8.59. The quantitative estimate of drug-likeness (QED) is 0.345. The van der Waals surface area contributed by atoms with Gasteiger partial charge in [0, 0.05) is 11.1 Å². The van der Waals surface area contributed by atoms with Crippen molar-refractivity contribution in [3.05, 3.63) is 81.9 Å². The van der Waals surface area contributed by atoms with Gasteiger partial charge in [0.2, 0.25) is 0 Å². The number of fused-ring (bicyclic) bond motifs is 6. The molecule has 0 nitrogen and oxygen atoms in total. The second-order valence-electron chi connectivity index (χ2n) is 6.75. The number of benzene rings is 3. The lowest BCUT2D eigenvalue weighted by Gasteiger charge is -2.07. The fourth-order valence-corrected chi connectivity index (χ4v) is 4.23. The molecule has 0 amide bonds. The smallest absolute Gasteiger partial charge is 0.0408 e. The summed E-state index contributed by atoms with van der Waals surface area (Å²) in [5.41, 5.74) is 12.9. The predicted octanol–water partition coefficient (Wildman–Crippen LogP) is 5.18. The number of terminal acetylenes is 1. The van der Waals surface area contributed by atoms with Crippen molar-refractivity contribution in [2.75, 3.05) is 0 Å². The minimum Gasteiger partial charge on any atom is -0.115 e. The molecule has 3 aromatic carbocycles. The minimum atomic E-state index is 0.902. The first-order valence-electron chi connectivity index (χ1n) is 8.59. The molecule has 5 rings (SSSR count). The van der Waals surface area contributed by atoms with Crippen LogP contribution < -0.4 is 0 Å². The van der Waals surface area contributed by atoms with Gasteiger partial charge >= 0.3 is 0 Å². The lowest BCUT2D eigenvalue weighted by molar-refractivity contribution is 1.24. The molecule has 0 atom stereocenters. The van der Waals surface area contributed by atoms with Crippen LogP contribution in [0.15, 0.2) is 48.5 Å². The van der Waals surface area contributed by atoms with Crippen molar-refractivity contribution in [2.45, 2.75) is 19.8 Å². The van der Waals surface area contributed by atoms with Gasteiger partial charge in [0.05, 0.1) is 0 Å². The Morgan fingerprint density at radius 3 is 2.12 bits per heavy atom. The van der Waals surface area contributed by atoms with Crippen LogP contribution in [0.4, 0.5) is 0 Å². The molecule has 0 bridgehead atoms. The molecule has 0 saturated carbocycles. The summed E-state index contributed by atoms with van der Waals surface area (Å²) in [6.07, 6.45) is 7.67. The van der Waals surface area contributed by atoms with Crippen LogP contribution in [0.2, 0.25) is 0 Å².